The number of carbonyl (C=O) groups excluding carboxylic acids is 1. The minimum absolute atomic E-state index is 0.0374. The third kappa shape index (κ3) is 2.38. The van der Waals surface area contributed by atoms with Gasteiger partial charge in [-0.1, -0.05) is 0 Å². The van der Waals surface area contributed by atoms with Crippen molar-refractivity contribution in [2.75, 3.05) is 7.11 Å². The second-order valence-electron chi connectivity index (χ2n) is 4.73. The van der Waals surface area contributed by atoms with Gasteiger partial charge in [0.1, 0.15) is 11.4 Å². The largest absolute Gasteiger partial charge is 0.496 e. The summed E-state index contributed by atoms with van der Waals surface area (Å²) in [5.41, 5.74) is 4.66. The Morgan fingerprint density at radius 2 is 1.84 bits per heavy atom. The standard InChI is InChI=1S/C15H18N2O2/c1-9-6-12(15(19-5)7-10(9)2)14-8-13(11(3)18)16-17(14)4/h6-8H,1-5H3. The summed E-state index contributed by atoms with van der Waals surface area (Å²) < 4.78 is 7.15. The van der Waals surface area contributed by atoms with E-state index in [2.05, 4.69) is 18.1 Å². The predicted molar refractivity (Wildman–Crippen MR) is 74.7 cm³/mol. The van der Waals surface area contributed by atoms with Crippen LogP contribution in [0.5, 0.6) is 5.75 Å². The number of rotatable bonds is 3. The minimum atomic E-state index is -0.0374. The van der Waals surface area contributed by atoms with E-state index in [0.29, 0.717) is 5.69 Å². The third-order valence-corrected chi connectivity index (χ3v) is 3.33. The van der Waals surface area contributed by atoms with E-state index in [4.69, 9.17) is 4.74 Å². The van der Waals surface area contributed by atoms with Crippen LogP contribution in [0.4, 0.5) is 0 Å². The fourth-order valence-electron chi connectivity index (χ4n) is 2.05. The molecule has 0 fully saturated rings. The highest BCUT2D eigenvalue weighted by Crippen LogP contribution is 2.32. The molecule has 0 saturated carbocycles. The lowest BCUT2D eigenvalue weighted by Gasteiger charge is -2.11. The highest BCUT2D eigenvalue weighted by Gasteiger charge is 2.15. The number of methoxy groups -OCH3 is 1. The minimum Gasteiger partial charge on any atom is -0.496 e. The van der Waals surface area contributed by atoms with Crippen LogP contribution in [0, 0.1) is 13.8 Å². The van der Waals surface area contributed by atoms with Gasteiger partial charge in [0.25, 0.3) is 0 Å². The Kier molecular flexibility index (Phi) is 3.42. The van der Waals surface area contributed by atoms with Crippen molar-refractivity contribution in [1.82, 2.24) is 9.78 Å². The fraction of sp³-hybridized carbons (Fsp3) is 0.333. The van der Waals surface area contributed by atoms with Crippen LogP contribution >= 0.6 is 0 Å². The molecular weight excluding hydrogens is 240 g/mol. The number of aromatic nitrogens is 2. The van der Waals surface area contributed by atoms with Crippen molar-refractivity contribution >= 4 is 5.78 Å². The SMILES string of the molecule is COc1cc(C)c(C)cc1-c1cc(C(C)=O)nn1C. The van der Waals surface area contributed by atoms with Gasteiger partial charge in [-0.15, -0.1) is 0 Å². The molecule has 0 N–H and O–H groups in total. The Labute approximate surface area is 113 Å². The number of ketones is 1. The molecule has 2 rings (SSSR count). The summed E-state index contributed by atoms with van der Waals surface area (Å²) in [4.78, 5) is 11.4. The van der Waals surface area contributed by atoms with Gasteiger partial charge >= 0.3 is 0 Å². The van der Waals surface area contributed by atoms with Gasteiger partial charge in [-0.2, -0.15) is 5.10 Å². The summed E-state index contributed by atoms with van der Waals surface area (Å²) in [5.74, 6) is 0.755. The van der Waals surface area contributed by atoms with Crippen molar-refractivity contribution in [3.05, 3.63) is 35.0 Å². The molecule has 100 valence electrons. The van der Waals surface area contributed by atoms with Gasteiger partial charge < -0.3 is 4.74 Å². The first kappa shape index (κ1) is 13.3. The molecule has 1 heterocycles. The van der Waals surface area contributed by atoms with Crippen LogP contribution < -0.4 is 4.74 Å². The summed E-state index contributed by atoms with van der Waals surface area (Å²) in [7, 11) is 3.48. The van der Waals surface area contributed by atoms with Crippen molar-refractivity contribution in [2.45, 2.75) is 20.8 Å². The van der Waals surface area contributed by atoms with Gasteiger partial charge in [-0.05, 0) is 43.2 Å². The van der Waals surface area contributed by atoms with E-state index in [1.165, 1.54) is 18.1 Å². The van der Waals surface area contributed by atoms with Crippen molar-refractivity contribution in [2.24, 2.45) is 7.05 Å². The molecule has 0 bridgehead atoms. The van der Waals surface area contributed by atoms with Crippen LogP contribution in [0.2, 0.25) is 0 Å². The summed E-state index contributed by atoms with van der Waals surface area (Å²) in [6.45, 7) is 5.62. The van der Waals surface area contributed by atoms with Crippen LogP contribution in [0.3, 0.4) is 0 Å². The number of ether oxygens (including phenoxy) is 1. The zero-order valence-corrected chi connectivity index (χ0v) is 11.9. The first-order valence-electron chi connectivity index (χ1n) is 6.14. The van der Waals surface area contributed by atoms with E-state index in [1.54, 1.807) is 17.9 Å². The van der Waals surface area contributed by atoms with E-state index in [0.717, 1.165) is 17.0 Å². The molecule has 4 heteroatoms. The number of benzene rings is 1. The van der Waals surface area contributed by atoms with Crippen LogP contribution in [-0.4, -0.2) is 22.7 Å². The Balaban J connectivity index is 2.64. The lowest BCUT2D eigenvalue weighted by molar-refractivity contribution is 0.101. The molecule has 0 aliphatic rings. The monoisotopic (exact) mass is 258 g/mol. The summed E-state index contributed by atoms with van der Waals surface area (Å²) in [6, 6.07) is 5.87. The van der Waals surface area contributed by atoms with Crippen LogP contribution in [0.25, 0.3) is 11.3 Å². The van der Waals surface area contributed by atoms with E-state index >= 15 is 0 Å². The molecule has 0 radical (unpaired) electrons. The van der Waals surface area contributed by atoms with E-state index in [-0.39, 0.29) is 5.78 Å². The molecule has 0 aliphatic carbocycles. The van der Waals surface area contributed by atoms with Crippen molar-refractivity contribution in [3.63, 3.8) is 0 Å². The molecule has 4 nitrogen and oxygen atoms in total. The van der Waals surface area contributed by atoms with Crippen LogP contribution in [0.15, 0.2) is 18.2 Å². The maximum atomic E-state index is 11.4. The Hall–Kier alpha value is -2.10. The molecule has 1 aromatic heterocycles. The molecule has 0 saturated heterocycles. The Morgan fingerprint density at radius 3 is 2.37 bits per heavy atom. The van der Waals surface area contributed by atoms with Gasteiger partial charge in [0, 0.05) is 19.5 Å². The maximum Gasteiger partial charge on any atom is 0.180 e. The molecule has 2 aromatic rings. The molecule has 1 aromatic carbocycles. The van der Waals surface area contributed by atoms with Gasteiger partial charge in [0.05, 0.1) is 12.8 Å². The number of carbonyl (C=O) groups is 1. The molecule has 0 aliphatic heterocycles. The first-order valence-corrected chi connectivity index (χ1v) is 6.14. The van der Waals surface area contributed by atoms with Crippen molar-refractivity contribution in [1.29, 1.82) is 0 Å². The van der Waals surface area contributed by atoms with E-state index < -0.39 is 0 Å². The molecular formula is C15H18N2O2. The second kappa shape index (κ2) is 4.88. The van der Waals surface area contributed by atoms with E-state index in [9.17, 15) is 4.79 Å². The first-order chi connectivity index (χ1) is 8.93. The quantitative estimate of drug-likeness (QED) is 0.795. The van der Waals surface area contributed by atoms with Crippen LogP contribution in [-0.2, 0) is 7.05 Å². The number of nitrogens with zero attached hydrogens (tertiary/aromatic N) is 2. The zero-order chi connectivity index (χ0) is 14.2. The molecule has 19 heavy (non-hydrogen) atoms. The Morgan fingerprint density at radius 1 is 1.21 bits per heavy atom. The molecule has 0 atom stereocenters. The fourth-order valence-corrected chi connectivity index (χ4v) is 2.05. The van der Waals surface area contributed by atoms with Gasteiger partial charge in [-0.3, -0.25) is 9.48 Å². The lowest BCUT2D eigenvalue weighted by Crippen LogP contribution is -1.98. The van der Waals surface area contributed by atoms with Gasteiger partial charge in [0.15, 0.2) is 5.78 Å². The maximum absolute atomic E-state index is 11.4. The summed E-state index contributed by atoms with van der Waals surface area (Å²) in [5, 5.41) is 4.23. The van der Waals surface area contributed by atoms with Gasteiger partial charge in [0.2, 0.25) is 0 Å². The summed E-state index contributed by atoms with van der Waals surface area (Å²) in [6.07, 6.45) is 0. The molecule has 0 spiro atoms. The average Bonchev–Trinajstić information content (AvgIpc) is 2.74. The average molecular weight is 258 g/mol. The van der Waals surface area contributed by atoms with Gasteiger partial charge in [-0.25, -0.2) is 0 Å². The van der Waals surface area contributed by atoms with Crippen molar-refractivity contribution in [3.8, 4) is 17.0 Å². The normalized spacial score (nSPS) is 10.6. The van der Waals surface area contributed by atoms with Crippen molar-refractivity contribution < 1.29 is 9.53 Å². The number of Topliss-reactive ketones (excluding diaryl/α,β-unsaturated/α-hetero) is 1. The second-order valence-corrected chi connectivity index (χ2v) is 4.73. The lowest BCUT2D eigenvalue weighted by atomic mass is 10.0. The Bertz CT molecular complexity index is 642. The number of aryl methyl sites for hydroxylation is 3. The highest BCUT2D eigenvalue weighted by atomic mass is 16.5. The van der Waals surface area contributed by atoms with Crippen LogP contribution in [0.1, 0.15) is 28.5 Å². The van der Waals surface area contributed by atoms with E-state index in [1.807, 2.05) is 20.0 Å². The number of hydrogen-bond acceptors (Lipinski definition) is 3. The summed E-state index contributed by atoms with van der Waals surface area (Å²) >= 11 is 0. The third-order valence-electron chi connectivity index (χ3n) is 3.33. The smallest absolute Gasteiger partial charge is 0.180 e. The molecule has 0 unspecified atom stereocenters. The number of hydrogen-bond donors (Lipinski definition) is 0. The molecule has 0 amide bonds. The topological polar surface area (TPSA) is 44.1 Å². The zero-order valence-electron chi connectivity index (χ0n) is 11.9. The predicted octanol–water partition coefficient (Wildman–Crippen LogP) is 2.92. The highest BCUT2D eigenvalue weighted by molar-refractivity contribution is 5.93.